The highest BCUT2D eigenvalue weighted by Gasteiger charge is 2.36. The Hall–Kier alpha value is -1.69. The maximum Gasteiger partial charge on any atom is 0.240 e. The molecule has 1 fully saturated rings. The van der Waals surface area contributed by atoms with Gasteiger partial charge in [0, 0.05) is 25.2 Å². The van der Waals surface area contributed by atoms with Gasteiger partial charge in [-0.1, -0.05) is 36.4 Å². The summed E-state index contributed by atoms with van der Waals surface area (Å²) >= 11 is 0. The zero-order valence-corrected chi connectivity index (χ0v) is 15.6. The van der Waals surface area contributed by atoms with Crippen molar-refractivity contribution >= 4 is 10.0 Å². The smallest absolute Gasteiger partial charge is 0.240 e. The molecule has 0 saturated carbocycles. The summed E-state index contributed by atoms with van der Waals surface area (Å²) in [6.07, 6.45) is 1.63. The largest absolute Gasteiger partial charge is 0.381 e. The molecule has 0 atom stereocenters. The first kappa shape index (κ1) is 18.1. The highest BCUT2D eigenvalue weighted by molar-refractivity contribution is 7.89. The SMILES string of the molecule is Cc1cccc(S(=O)(=O)NCC2(c3ccccc3C)CCOCC2)c1. The molecule has 2 aromatic carbocycles. The number of hydrogen-bond acceptors (Lipinski definition) is 3. The van der Waals surface area contributed by atoms with Crippen molar-refractivity contribution in [2.45, 2.75) is 37.0 Å². The lowest BCUT2D eigenvalue weighted by Crippen LogP contribution is -2.45. The Morgan fingerprint density at radius 2 is 1.76 bits per heavy atom. The minimum Gasteiger partial charge on any atom is -0.381 e. The van der Waals surface area contributed by atoms with Gasteiger partial charge in [-0.05, 0) is 55.5 Å². The predicted octanol–water partition coefficient (Wildman–Crippen LogP) is 3.33. The molecule has 0 aliphatic carbocycles. The molecule has 0 radical (unpaired) electrons. The van der Waals surface area contributed by atoms with E-state index in [0.717, 1.165) is 18.4 Å². The van der Waals surface area contributed by atoms with Gasteiger partial charge in [0.1, 0.15) is 0 Å². The van der Waals surface area contributed by atoms with E-state index in [2.05, 4.69) is 23.8 Å². The van der Waals surface area contributed by atoms with Crippen molar-refractivity contribution in [1.29, 1.82) is 0 Å². The molecular formula is C20H25NO3S. The zero-order chi connectivity index (χ0) is 17.9. The van der Waals surface area contributed by atoms with Crippen molar-refractivity contribution in [3.8, 4) is 0 Å². The number of sulfonamides is 1. The van der Waals surface area contributed by atoms with Gasteiger partial charge in [-0.3, -0.25) is 0 Å². The second kappa shape index (κ2) is 7.28. The van der Waals surface area contributed by atoms with Crippen LogP contribution in [-0.4, -0.2) is 28.2 Å². The van der Waals surface area contributed by atoms with Crippen LogP contribution in [0.2, 0.25) is 0 Å². The maximum atomic E-state index is 12.7. The molecule has 4 nitrogen and oxygen atoms in total. The lowest BCUT2D eigenvalue weighted by molar-refractivity contribution is 0.0515. The third-order valence-electron chi connectivity index (χ3n) is 5.07. The molecule has 0 bridgehead atoms. The molecule has 0 spiro atoms. The predicted molar refractivity (Wildman–Crippen MR) is 99.3 cm³/mol. The van der Waals surface area contributed by atoms with E-state index in [9.17, 15) is 8.42 Å². The summed E-state index contributed by atoms with van der Waals surface area (Å²) < 4.78 is 33.9. The van der Waals surface area contributed by atoms with Crippen LogP contribution in [0.4, 0.5) is 0 Å². The van der Waals surface area contributed by atoms with Crippen LogP contribution >= 0.6 is 0 Å². The van der Waals surface area contributed by atoms with E-state index in [4.69, 9.17) is 4.74 Å². The number of aryl methyl sites for hydroxylation is 2. The third kappa shape index (κ3) is 3.94. The van der Waals surface area contributed by atoms with Crippen molar-refractivity contribution in [3.05, 3.63) is 65.2 Å². The minimum absolute atomic E-state index is 0.222. The third-order valence-corrected chi connectivity index (χ3v) is 6.47. The van der Waals surface area contributed by atoms with Crippen LogP contribution in [0.25, 0.3) is 0 Å². The summed E-state index contributed by atoms with van der Waals surface area (Å²) in [5.41, 5.74) is 3.12. The summed E-state index contributed by atoms with van der Waals surface area (Å²) in [5.74, 6) is 0. The number of ether oxygens (including phenoxy) is 1. The number of rotatable bonds is 5. The Morgan fingerprint density at radius 1 is 1.04 bits per heavy atom. The van der Waals surface area contributed by atoms with Gasteiger partial charge in [0.05, 0.1) is 4.90 Å². The molecule has 0 unspecified atom stereocenters. The van der Waals surface area contributed by atoms with E-state index in [1.54, 1.807) is 18.2 Å². The lowest BCUT2D eigenvalue weighted by Gasteiger charge is -2.38. The highest BCUT2D eigenvalue weighted by Crippen LogP contribution is 2.36. The van der Waals surface area contributed by atoms with Gasteiger partial charge in [-0.15, -0.1) is 0 Å². The molecule has 1 heterocycles. The number of benzene rings is 2. The second-order valence-electron chi connectivity index (χ2n) is 6.85. The number of hydrogen-bond donors (Lipinski definition) is 1. The van der Waals surface area contributed by atoms with Crippen molar-refractivity contribution in [3.63, 3.8) is 0 Å². The van der Waals surface area contributed by atoms with E-state index in [1.807, 2.05) is 25.1 Å². The molecule has 1 N–H and O–H groups in total. The van der Waals surface area contributed by atoms with E-state index in [-0.39, 0.29) is 5.41 Å². The van der Waals surface area contributed by atoms with Crippen LogP contribution in [0.3, 0.4) is 0 Å². The van der Waals surface area contributed by atoms with Gasteiger partial charge in [0.2, 0.25) is 10.0 Å². The van der Waals surface area contributed by atoms with Crippen molar-refractivity contribution < 1.29 is 13.2 Å². The molecule has 3 rings (SSSR count). The molecule has 0 amide bonds. The topological polar surface area (TPSA) is 55.4 Å². The lowest BCUT2D eigenvalue weighted by atomic mass is 9.73. The quantitative estimate of drug-likeness (QED) is 0.891. The maximum absolute atomic E-state index is 12.7. The zero-order valence-electron chi connectivity index (χ0n) is 14.8. The van der Waals surface area contributed by atoms with Gasteiger partial charge in [-0.25, -0.2) is 13.1 Å². The first-order chi connectivity index (χ1) is 11.9. The van der Waals surface area contributed by atoms with E-state index in [0.29, 0.717) is 24.7 Å². The fourth-order valence-electron chi connectivity index (χ4n) is 3.57. The van der Waals surface area contributed by atoms with Crippen LogP contribution < -0.4 is 4.72 Å². The Balaban J connectivity index is 1.88. The Morgan fingerprint density at radius 3 is 2.44 bits per heavy atom. The molecule has 0 aromatic heterocycles. The van der Waals surface area contributed by atoms with E-state index >= 15 is 0 Å². The molecule has 1 aliphatic heterocycles. The summed E-state index contributed by atoms with van der Waals surface area (Å²) in [5, 5.41) is 0. The van der Waals surface area contributed by atoms with Gasteiger partial charge in [0.15, 0.2) is 0 Å². The molecule has 1 aliphatic rings. The Bertz CT molecular complexity index is 840. The average Bonchev–Trinajstić information content (AvgIpc) is 2.61. The van der Waals surface area contributed by atoms with Crippen molar-refractivity contribution in [2.24, 2.45) is 0 Å². The Kier molecular flexibility index (Phi) is 5.27. The average molecular weight is 359 g/mol. The van der Waals surface area contributed by atoms with E-state index < -0.39 is 10.0 Å². The van der Waals surface area contributed by atoms with Crippen molar-refractivity contribution in [2.75, 3.05) is 19.8 Å². The highest BCUT2D eigenvalue weighted by atomic mass is 32.2. The molecule has 5 heteroatoms. The minimum atomic E-state index is -3.53. The molecule has 1 saturated heterocycles. The van der Waals surface area contributed by atoms with Gasteiger partial charge >= 0.3 is 0 Å². The standard InChI is InChI=1S/C20H25NO3S/c1-16-6-5-8-18(14-16)25(22,23)21-15-20(10-12-24-13-11-20)19-9-4-3-7-17(19)2/h3-9,14,21H,10-13,15H2,1-2H3. The monoisotopic (exact) mass is 359 g/mol. The van der Waals surface area contributed by atoms with Gasteiger partial charge in [-0.2, -0.15) is 0 Å². The normalized spacial score (nSPS) is 17.4. The van der Waals surface area contributed by atoms with Gasteiger partial charge < -0.3 is 4.74 Å². The summed E-state index contributed by atoms with van der Waals surface area (Å²) in [4.78, 5) is 0.319. The van der Waals surface area contributed by atoms with E-state index in [1.165, 1.54) is 11.1 Å². The number of nitrogens with one attached hydrogen (secondary N) is 1. The van der Waals surface area contributed by atoms with Crippen LogP contribution in [-0.2, 0) is 20.2 Å². The first-order valence-corrected chi connectivity index (χ1v) is 10.1. The second-order valence-corrected chi connectivity index (χ2v) is 8.62. The Labute approximate surface area is 150 Å². The summed E-state index contributed by atoms with van der Waals surface area (Å²) in [7, 11) is -3.53. The van der Waals surface area contributed by atoms with Crippen LogP contribution in [0.1, 0.15) is 29.5 Å². The van der Waals surface area contributed by atoms with Crippen LogP contribution in [0.15, 0.2) is 53.4 Å². The molecular weight excluding hydrogens is 334 g/mol. The summed E-state index contributed by atoms with van der Waals surface area (Å²) in [6.45, 7) is 5.67. The fourth-order valence-corrected chi connectivity index (χ4v) is 4.80. The van der Waals surface area contributed by atoms with Crippen molar-refractivity contribution in [1.82, 2.24) is 4.72 Å². The molecule has 2 aromatic rings. The first-order valence-electron chi connectivity index (χ1n) is 8.63. The van der Waals surface area contributed by atoms with Crippen LogP contribution in [0, 0.1) is 13.8 Å². The van der Waals surface area contributed by atoms with Crippen LogP contribution in [0.5, 0.6) is 0 Å². The summed E-state index contributed by atoms with van der Waals surface area (Å²) in [6, 6.07) is 15.2. The molecule has 134 valence electrons. The fraction of sp³-hybridized carbons (Fsp3) is 0.400. The van der Waals surface area contributed by atoms with Gasteiger partial charge in [0.25, 0.3) is 0 Å². The molecule has 25 heavy (non-hydrogen) atoms.